The zero-order valence-electron chi connectivity index (χ0n) is 30.6. The van der Waals surface area contributed by atoms with Crippen LogP contribution in [0.3, 0.4) is 0 Å². The molecule has 5 N–H and O–H groups in total. The number of amides is 1. The second-order valence-electron chi connectivity index (χ2n) is 14.5. The molecule has 0 saturated carbocycles. The normalized spacial score (nSPS) is 18.3. The summed E-state index contributed by atoms with van der Waals surface area (Å²) in [7, 11) is 0. The number of hydrogen-bond donors (Lipinski definition) is 5. The van der Waals surface area contributed by atoms with Crippen LogP contribution in [0.25, 0.3) is 53.3 Å². The van der Waals surface area contributed by atoms with Crippen molar-refractivity contribution in [1.82, 2.24) is 35.3 Å². The number of aliphatic hydroxyl groups is 1. The van der Waals surface area contributed by atoms with Crippen molar-refractivity contribution < 1.29 is 24.5 Å². The SMILES string of the molecule is O=C(NCCN1CCOC(c2cc3[nH]nc(-c4cc5ccc(OCCCN6CCCC(O)C6)cc5[nH]4)c3s2)C1)c1ccc2nc(-c3ccc(Cl)cc3O)sc2c1. The minimum atomic E-state index is -0.204. The van der Waals surface area contributed by atoms with Gasteiger partial charge < -0.3 is 34.9 Å². The van der Waals surface area contributed by atoms with Gasteiger partial charge in [-0.2, -0.15) is 5.10 Å². The lowest BCUT2D eigenvalue weighted by atomic mass is 10.1. The number of rotatable bonds is 12. The van der Waals surface area contributed by atoms with E-state index in [-0.39, 0.29) is 23.9 Å². The van der Waals surface area contributed by atoms with Crippen molar-refractivity contribution in [3.8, 4) is 33.5 Å². The summed E-state index contributed by atoms with van der Waals surface area (Å²) in [4.78, 5) is 27.1. The molecular formula is C41H42ClN7O5S2. The second kappa shape index (κ2) is 16.1. The molecule has 1 amide bonds. The molecule has 6 heterocycles. The van der Waals surface area contributed by atoms with E-state index >= 15 is 0 Å². The Balaban J connectivity index is 0.792. The predicted molar refractivity (Wildman–Crippen MR) is 222 cm³/mol. The Labute approximate surface area is 336 Å². The third-order valence-corrected chi connectivity index (χ3v) is 13.0. The van der Waals surface area contributed by atoms with Crippen LogP contribution < -0.4 is 10.1 Å². The standard InChI is InChI=1S/C41H42ClN7O5S2/c42-26-6-8-29(34(51)19-26)41-45-30-9-5-25(18-36(30)56-41)40(52)43-10-13-49-14-16-54-35(23-49)37-21-33-39(55-37)38(47-46-33)32-17-24-4-7-28(20-31(24)44-32)53-15-2-12-48-11-1-3-27(50)22-48/h4-9,17-21,27,35,44,50-51H,1-3,10-16,22-23H2,(H,43,52)(H,46,47). The van der Waals surface area contributed by atoms with Crippen LogP contribution in [0.1, 0.15) is 40.6 Å². The minimum Gasteiger partial charge on any atom is -0.507 e. The molecule has 2 saturated heterocycles. The number of carbonyl (C=O) groups is 1. The number of aliphatic hydroxyl groups excluding tert-OH is 1. The molecule has 2 unspecified atom stereocenters. The maximum Gasteiger partial charge on any atom is 0.251 e. The van der Waals surface area contributed by atoms with Crippen molar-refractivity contribution >= 4 is 71.5 Å². The van der Waals surface area contributed by atoms with Gasteiger partial charge in [-0.15, -0.1) is 22.7 Å². The number of hydrogen-bond acceptors (Lipinski definition) is 11. The predicted octanol–water partition coefficient (Wildman–Crippen LogP) is 7.44. The van der Waals surface area contributed by atoms with Gasteiger partial charge >= 0.3 is 0 Å². The number of β-amino-alcohol motifs (C(OH)–C–C–N with tert-alkyl or cyclic N) is 1. The zero-order valence-corrected chi connectivity index (χ0v) is 33.0. The number of ether oxygens (including phenoxy) is 2. The Kier molecular flexibility index (Phi) is 10.7. The van der Waals surface area contributed by atoms with E-state index in [2.05, 4.69) is 53.5 Å². The second-order valence-corrected chi connectivity index (χ2v) is 17.0. The first-order valence-electron chi connectivity index (χ1n) is 19.0. The number of phenolic OH excluding ortho intramolecular Hbond substituents is 1. The van der Waals surface area contributed by atoms with Crippen LogP contribution in [0.15, 0.2) is 66.7 Å². The smallest absolute Gasteiger partial charge is 0.251 e. The lowest BCUT2D eigenvalue weighted by molar-refractivity contribution is -0.0274. The number of H-pyrrole nitrogens is 2. The van der Waals surface area contributed by atoms with Crippen molar-refractivity contribution in [3.63, 3.8) is 0 Å². The summed E-state index contributed by atoms with van der Waals surface area (Å²) in [6.07, 6.45) is 2.59. The van der Waals surface area contributed by atoms with Gasteiger partial charge in [0, 0.05) is 71.7 Å². The number of morpholine rings is 1. The Morgan fingerprint density at radius 3 is 2.82 bits per heavy atom. The van der Waals surface area contributed by atoms with E-state index in [1.165, 1.54) is 17.4 Å². The van der Waals surface area contributed by atoms with E-state index in [0.717, 1.165) is 105 Å². The summed E-state index contributed by atoms with van der Waals surface area (Å²) >= 11 is 9.12. The average molecular weight is 812 g/mol. The van der Waals surface area contributed by atoms with Gasteiger partial charge in [0.2, 0.25) is 0 Å². The van der Waals surface area contributed by atoms with Gasteiger partial charge in [-0.05, 0) is 86.5 Å². The Bertz CT molecular complexity index is 2510. The Morgan fingerprint density at radius 1 is 1.02 bits per heavy atom. The monoisotopic (exact) mass is 811 g/mol. The van der Waals surface area contributed by atoms with Crippen molar-refractivity contribution in [3.05, 3.63) is 82.2 Å². The fraction of sp³-hybridized carbons (Fsp3) is 0.341. The van der Waals surface area contributed by atoms with Crippen molar-refractivity contribution in [2.24, 2.45) is 0 Å². The van der Waals surface area contributed by atoms with Gasteiger partial charge in [-0.25, -0.2) is 4.98 Å². The largest absolute Gasteiger partial charge is 0.507 e. The summed E-state index contributed by atoms with van der Waals surface area (Å²) in [6.45, 7) is 6.70. The molecular weight excluding hydrogens is 770 g/mol. The van der Waals surface area contributed by atoms with Crippen molar-refractivity contribution in [2.45, 2.75) is 31.5 Å². The first kappa shape index (κ1) is 37.1. The van der Waals surface area contributed by atoms with Gasteiger partial charge in [0.05, 0.1) is 51.0 Å². The van der Waals surface area contributed by atoms with Gasteiger partial charge in [-0.3, -0.25) is 14.8 Å². The molecule has 56 heavy (non-hydrogen) atoms. The highest BCUT2D eigenvalue weighted by Crippen LogP contribution is 2.39. The number of thiophene rings is 1. The number of aromatic nitrogens is 4. The molecule has 0 aliphatic carbocycles. The van der Waals surface area contributed by atoms with E-state index in [4.69, 9.17) is 21.1 Å². The molecule has 0 bridgehead atoms. The fourth-order valence-corrected chi connectivity index (χ4v) is 9.95. The number of carbonyl (C=O) groups excluding carboxylic acids is 1. The van der Waals surface area contributed by atoms with Crippen LogP contribution in [0.2, 0.25) is 5.02 Å². The van der Waals surface area contributed by atoms with Gasteiger partial charge in [-0.1, -0.05) is 11.6 Å². The molecule has 0 spiro atoms. The quantitative estimate of drug-likeness (QED) is 0.0794. The first-order chi connectivity index (χ1) is 27.3. The van der Waals surface area contributed by atoms with Gasteiger partial charge in [0.25, 0.3) is 5.91 Å². The highest BCUT2D eigenvalue weighted by molar-refractivity contribution is 7.21. The third kappa shape index (κ3) is 8.00. The van der Waals surface area contributed by atoms with Gasteiger partial charge in [0.15, 0.2) is 0 Å². The van der Waals surface area contributed by atoms with Crippen molar-refractivity contribution in [2.75, 3.05) is 59.0 Å². The Morgan fingerprint density at radius 2 is 1.93 bits per heavy atom. The summed E-state index contributed by atoms with van der Waals surface area (Å²) in [6, 6.07) is 20.8. The fourth-order valence-electron chi connectivity index (χ4n) is 7.59. The highest BCUT2D eigenvalue weighted by atomic mass is 35.5. The van der Waals surface area contributed by atoms with E-state index in [1.54, 1.807) is 29.5 Å². The number of halogens is 1. The maximum absolute atomic E-state index is 13.1. The third-order valence-electron chi connectivity index (χ3n) is 10.5. The number of aromatic hydroxyl groups is 1. The minimum absolute atomic E-state index is 0.0719. The number of aromatic amines is 2. The average Bonchev–Trinajstić information content (AvgIpc) is 3.99. The number of nitrogens with one attached hydrogen (secondary N) is 3. The molecule has 9 rings (SSSR count). The number of thiazole rings is 1. The lowest BCUT2D eigenvalue weighted by Crippen LogP contribution is -2.42. The number of piperidine rings is 1. The summed E-state index contributed by atoms with van der Waals surface area (Å²) in [5, 5.41) is 33.5. The van der Waals surface area contributed by atoms with Crippen LogP contribution in [-0.2, 0) is 4.74 Å². The molecule has 2 atom stereocenters. The lowest BCUT2D eigenvalue weighted by Gasteiger charge is -2.32. The Hall–Kier alpha value is -4.54. The number of fused-ring (bicyclic) bond motifs is 3. The van der Waals surface area contributed by atoms with E-state index in [9.17, 15) is 15.0 Å². The maximum atomic E-state index is 13.1. The number of phenols is 1. The van der Waals surface area contributed by atoms with Crippen LogP contribution in [-0.4, -0.2) is 111 Å². The molecule has 0 radical (unpaired) electrons. The summed E-state index contributed by atoms with van der Waals surface area (Å²) < 4.78 is 14.3. The molecule has 7 aromatic rings. The van der Waals surface area contributed by atoms with Crippen LogP contribution in [0, 0.1) is 0 Å². The molecule has 2 aliphatic heterocycles. The topological polar surface area (TPSA) is 152 Å². The number of benzene rings is 3. The molecule has 2 fully saturated rings. The van der Waals surface area contributed by atoms with Crippen LogP contribution >= 0.6 is 34.3 Å². The van der Waals surface area contributed by atoms with E-state index < -0.39 is 0 Å². The van der Waals surface area contributed by atoms with Gasteiger partial charge in [0.1, 0.15) is 28.3 Å². The van der Waals surface area contributed by atoms with Crippen LogP contribution in [0.5, 0.6) is 11.5 Å². The molecule has 12 nitrogen and oxygen atoms in total. The summed E-state index contributed by atoms with van der Waals surface area (Å²) in [5.74, 6) is 0.764. The zero-order chi connectivity index (χ0) is 38.2. The molecule has 4 aromatic heterocycles. The molecule has 15 heteroatoms. The van der Waals surface area contributed by atoms with E-state index in [0.29, 0.717) is 47.5 Å². The highest BCUT2D eigenvalue weighted by Gasteiger charge is 2.26. The summed E-state index contributed by atoms with van der Waals surface area (Å²) in [5.41, 5.74) is 5.74. The van der Waals surface area contributed by atoms with Crippen LogP contribution in [0.4, 0.5) is 0 Å². The number of nitrogens with zero attached hydrogens (tertiary/aromatic N) is 4. The molecule has 2 aliphatic rings. The van der Waals surface area contributed by atoms with Crippen molar-refractivity contribution in [1.29, 1.82) is 0 Å². The van der Waals surface area contributed by atoms with E-state index in [1.807, 2.05) is 24.3 Å². The molecule has 290 valence electrons. The first-order valence-corrected chi connectivity index (χ1v) is 21.0. The molecule has 3 aromatic carbocycles. The number of likely N-dealkylation sites (tertiary alicyclic amines) is 1.